The first kappa shape index (κ1) is 13.0. The fraction of sp³-hybridized carbons (Fsp3) is 0.417. The van der Waals surface area contributed by atoms with Crippen molar-refractivity contribution in [3.8, 4) is 5.75 Å². The number of benzene rings is 1. The molecule has 16 heavy (non-hydrogen) atoms. The second kappa shape index (κ2) is 5.87. The van der Waals surface area contributed by atoms with Gasteiger partial charge >= 0.3 is 0 Å². The maximum atomic E-state index is 10.4. The van der Waals surface area contributed by atoms with Gasteiger partial charge in [0, 0.05) is 17.1 Å². The summed E-state index contributed by atoms with van der Waals surface area (Å²) in [5, 5.41) is 0.688. The van der Waals surface area contributed by atoms with Gasteiger partial charge < -0.3 is 9.53 Å². The average Bonchev–Trinajstić information content (AvgIpc) is 2.17. The van der Waals surface area contributed by atoms with Crippen LogP contribution in [0.2, 0.25) is 5.02 Å². The number of aryl methyl sites for hydroxylation is 1. The van der Waals surface area contributed by atoms with Crippen molar-refractivity contribution in [3.63, 3.8) is 0 Å². The summed E-state index contributed by atoms with van der Waals surface area (Å²) in [6.07, 6.45) is 0.879. The molecule has 88 valence electrons. The molecule has 0 saturated heterocycles. The van der Waals surface area contributed by atoms with E-state index in [1.54, 1.807) is 7.11 Å². The number of rotatable bonds is 5. The third-order valence-electron chi connectivity index (χ3n) is 2.35. The predicted octanol–water partition coefficient (Wildman–Crippen LogP) is 2.29. The molecule has 0 spiro atoms. The van der Waals surface area contributed by atoms with Crippen molar-refractivity contribution in [1.29, 1.82) is 0 Å². The minimum absolute atomic E-state index is 0.398. The molecular formula is C12H16ClNO2. The molecule has 0 N–H and O–H groups in total. The minimum atomic E-state index is 0.398. The molecule has 0 unspecified atom stereocenters. The van der Waals surface area contributed by atoms with Gasteiger partial charge in [0.1, 0.15) is 12.0 Å². The Morgan fingerprint density at radius 2 is 2.19 bits per heavy atom. The number of aldehydes is 1. The number of methoxy groups -OCH3 is 1. The van der Waals surface area contributed by atoms with Gasteiger partial charge in [-0.1, -0.05) is 11.6 Å². The zero-order valence-corrected chi connectivity index (χ0v) is 10.5. The molecule has 0 aliphatic carbocycles. The summed E-state index contributed by atoms with van der Waals surface area (Å²) in [4.78, 5) is 12.3. The Balaban J connectivity index is 2.97. The van der Waals surface area contributed by atoms with Crippen LogP contribution in [0, 0.1) is 6.92 Å². The normalized spacial score (nSPS) is 10.6. The standard InChI is InChI=1S/C12H16ClNO2/c1-9-6-11(13)7-10(12(9)16-3)8-14(2)4-5-15/h5-7H,4,8H2,1-3H3. The van der Waals surface area contributed by atoms with Gasteiger partial charge in [0.2, 0.25) is 0 Å². The summed E-state index contributed by atoms with van der Waals surface area (Å²) < 4.78 is 5.34. The van der Waals surface area contributed by atoms with Crippen LogP contribution < -0.4 is 4.74 Å². The molecule has 4 heteroatoms. The zero-order valence-electron chi connectivity index (χ0n) is 9.79. The average molecular weight is 242 g/mol. The lowest BCUT2D eigenvalue weighted by Gasteiger charge is -2.17. The van der Waals surface area contributed by atoms with Gasteiger partial charge in [0.25, 0.3) is 0 Å². The number of carbonyl (C=O) groups is 1. The van der Waals surface area contributed by atoms with Crippen LogP contribution in [0.15, 0.2) is 12.1 Å². The summed E-state index contributed by atoms with van der Waals surface area (Å²) in [6.45, 7) is 2.99. The van der Waals surface area contributed by atoms with Crippen LogP contribution >= 0.6 is 11.6 Å². The Bertz CT molecular complexity index is 380. The summed E-state index contributed by atoms with van der Waals surface area (Å²) in [5.41, 5.74) is 2.00. The zero-order chi connectivity index (χ0) is 12.1. The van der Waals surface area contributed by atoms with Gasteiger partial charge in [-0.3, -0.25) is 4.90 Å². The molecule has 0 saturated carbocycles. The van der Waals surface area contributed by atoms with Crippen LogP contribution in [0.4, 0.5) is 0 Å². The van der Waals surface area contributed by atoms with Crippen LogP contribution in [-0.4, -0.2) is 31.9 Å². The van der Waals surface area contributed by atoms with Crippen molar-refractivity contribution in [1.82, 2.24) is 4.90 Å². The molecule has 1 rings (SSSR count). The van der Waals surface area contributed by atoms with Gasteiger partial charge in [-0.15, -0.1) is 0 Å². The molecular weight excluding hydrogens is 226 g/mol. The van der Waals surface area contributed by atoms with Crippen LogP contribution in [0.1, 0.15) is 11.1 Å². The smallest absolute Gasteiger partial charge is 0.133 e. The predicted molar refractivity (Wildman–Crippen MR) is 65.1 cm³/mol. The summed E-state index contributed by atoms with van der Waals surface area (Å²) in [6, 6.07) is 3.73. The molecule has 0 radical (unpaired) electrons. The van der Waals surface area contributed by atoms with E-state index in [4.69, 9.17) is 16.3 Å². The first-order chi connectivity index (χ1) is 7.58. The van der Waals surface area contributed by atoms with Crippen molar-refractivity contribution in [2.75, 3.05) is 20.7 Å². The largest absolute Gasteiger partial charge is 0.496 e. The number of hydrogen-bond acceptors (Lipinski definition) is 3. The van der Waals surface area contributed by atoms with E-state index >= 15 is 0 Å². The van der Waals surface area contributed by atoms with Crippen molar-refractivity contribution in [2.24, 2.45) is 0 Å². The Kier molecular flexibility index (Phi) is 4.77. The number of hydrogen-bond donors (Lipinski definition) is 0. The highest BCUT2D eigenvalue weighted by Gasteiger charge is 2.10. The third-order valence-corrected chi connectivity index (χ3v) is 2.57. The van der Waals surface area contributed by atoms with Gasteiger partial charge in [-0.05, 0) is 31.7 Å². The highest BCUT2D eigenvalue weighted by Crippen LogP contribution is 2.28. The Morgan fingerprint density at radius 3 is 2.75 bits per heavy atom. The second-order valence-electron chi connectivity index (χ2n) is 3.78. The number of ether oxygens (including phenoxy) is 1. The quantitative estimate of drug-likeness (QED) is 0.741. The SMILES string of the molecule is COc1c(C)cc(Cl)cc1CN(C)CC=O. The van der Waals surface area contributed by atoms with Crippen molar-refractivity contribution < 1.29 is 9.53 Å². The topological polar surface area (TPSA) is 29.5 Å². The molecule has 0 aliphatic rings. The van der Waals surface area contributed by atoms with Gasteiger partial charge in [0.05, 0.1) is 13.7 Å². The molecule has 0 fully saturated rings. The second-order valence-corrected chi connectivity index (χ2v) is 4.21. The summed E-state index contributed by atoms with van der Waals surface area (Å²) >= 11 is 6.00. The third kappa shape index (κ3) is 3.22. The first-order valence-electron chi connectivity index (χ1n) is 5.03. The van der Waals surface area contributed by atoms with Crippen LogP contribution in [0.3, 0.4) is 0 Å². The van der Waals surface area contributed by atoms with Gasteiger partial charge in [-0.2, -0.15) is 0 Å². The van der Waals surface area contributed by atoms with Crippen molar-refractivity contribution in [2.45, 2.75) is 13.5 Å². The minimum Gasteiger partial charge on any atom is -0.496 e. The molecule has 1 aromatic rings. The number of halogens is 1. The maximum absolute atomic E-state index is 10.4. The Hall–Kier alpha value is -1.06. The highest BCUT2D eigenvalue weighted by atomic mass is 35.5. The van der Waals surface area contributed by atoms with Gasteiger partial charge in [-0.25, -0.2) is 0 Å². The van der Waals surface area contributed by atoms with E-state index in [1.165, 1.54) is 0 Å². The number of nitrogens with zero attached hydrogens (tertiary/aromatic N) is 1. The van der Waals surface area contributed by atoms with E-state index in [0.717, 1.165) is 23.2 Å². The van der Waals surface area contributed by atoms with E-state index in [9.17, 15) is 4.79 Å². The van der Waals surface area contributed by atoms with E-state index in [0.29, 0.717) is 18.1 Å². The number of likely N-dealkylation sites (N-methyl/N-ethyl adjacent to an activating group) is 1. The molecule has 0 heterocycles. The lowest BCUT2D eigenvalue weighted by atomic mass is 10.1. The number of carbonyl (C=O) groups excluding carboxylic acids is 1. The lowest BCUT2D eigenvalue weighted by molar-refractivity contribution is -0.108. The Labute approximate surface area is 101 Å². The summed E-state index contributed by atoms with van der Waals surface area (Å²) in [7, 11) is 3.52. The molecule has 0 aliphatic heterocycles. The van der Waals surface area contributed by atoms with E-state index in [-0.39, 0.29) is 0 Å². The molecule has 3 nitrogen and oxygen atoms in total. The molecule has 0 aromatic heterocycles. The summed E-state index contributed by atoms with van der Waals surface area (Å²) in [5.74, 6) is 0.835. The van der Waals surface area contributed by atoms with Crippen molar-refractivity contribution >= 4 is 17.9 Å². The monoisotopic (exact) mass is 241 g/mol. The molecule has 1 aromatic carbocycles. The Morgan fingerprint density at radius 1 is 1.50 bits per heavy atom. The fourth-order valence-electron chi connectivity index (χ4n) is 1.69. The maximum Gasteiger partial charge on any atom is 0.133 e. The highest BCUT2D eigenvalue weighted by molar-refractivity contribution is 6.30. The van der Waals surface area contributed by atoms with Crippen LogP contribution in [-0.2, 0) is 11.3 Å². The lowest BCUT2D eigenvalue weighted by Crippen LogP contribution is -2.20. The molecule has 0 amide bonds. The molecule has 0 bridgehead atoms. The van der Waals surface area contributed by atoms with E-state index in [1.807, 2.05) is 31.0 Å². The fourth-order valence-corrected chi connectivity index (χ4v) is 1.99. The van der Waals surface area contributed by atoms with Crippen molar-refractivity contribution in [3.05, 3.63) is 28.3 Å². The van der Waals surface area contributed by atoms with Gasteiger partial charge in [0.15, 0.2) is 0 Å². The van der Waals surface area contributed by atoms with E-state index in [2.05, 4.69) is 0 Å². The van der Waals surface area contributed by atoms with Crippen LogP contribution in [0.5, 0.6) is 5.75 Å². The van der Waals surface area contributed by atoms with E-state index < -0.39 is 0 Å². The van der Waals surface area contributed by atoms with Crippen LogP contribution in [0.25, 0.3) is 0 Å². The molecule has 0 atom stereocenters. The first-order valence-corrected chi connectivity index (χ1v) is 5.41.